The quantitative estimate of drug-likeness (QED) is 0.306. The molecule has 3 aromatic heterocycles. The zero-order chi connectivity index (χ0) is 24.6. The Balaban J connectivity index is 1.76. The highest BCUT2D eigenvalue weighted by Crippen LogP contribution is 2.34. The van der Waals surface area contributed by atoms with E-state index in [1.165, 1.54) is 35.1 Å². The number of hydrogen-bond donors (Lipinski definition) is 0. The number of esters is 1. The molecule has 4 rings (SSSR count). The molecule has 1 aromatic carbocycles. The summed E-state index contributed by atoms with van der Waals surface area (Å²) in [5.74, 6) is -1.45. The van der Waals surface area contributed by atoms with E-state index in [-0.39, 0.29) is 35.1 Å². The van der Waals surface area contributed by atoms with Gasteiger partial charge in [-0.1, -0.05) is 0 Å². The maximum absolute atomic E-state index is 13.9. The first-order valence-corrected chi connectivity index (χ1v) is 10.0. The molecule has 0 aliphatic rings. The van der Waals surface area contributed by atoms with Crippen molar-refractivity contribution in [1.82, 2.24) is 29.5 Å². The fourth-order valence-corrected chi connectivity index (χ4v) is 3.37. The van der Waals surface area contributed by atoms with Gasteiger partial charge in [0.2, 0.25) is 5.88 Å². The number of carbonyl (C=O) groups is 1. The minimum Gasteiger partial charge on any atom is -0.479 e. The number of carbonyl (C=O) groups excluding carboxylic acids is 1. The molecular weight excluding hydrogens is 460 g/mol. The Bertz CT molecular complexity index is 1360. The van der Waals surface area contributed by atoms with Crippen LogP contribution in [0.1, 0.15) is 41.4 Å². The van der Waals surface area contributed by atoms with Crippen LogP contribution in [0.4, 0.5) is 17.6 Å². The number of rotatable bonds is 6. The number of methoxy groups -OCH3 is 1. The smallest absolute Gasteiger partial charge is 0.416 e. The van der Waals surface area contributed by atoms with Gasteiger partial charge in [-0.25, -0.2) is 18.9 Å². The second-order valence-electron chi connectivity index (χ2n) is 7.20. The number of halogens is 4. The Labute approximate surface area is 189 Å². The van der Waals surface area contributed by atoms with E-state index >= 15 is 0 Å². The van der Waals surface area contributed by atoms with Gasteiger partial charge in [0.15, 0.2) is 0 Å². The molecule has 0 spiro atoms. The molecule has 0 fully saturated rings. The van der Waals surface area contributed by atoms with E-state index in [2.05, 4.69) is 20.2 Å². The monoisotopic (exact) mass is 478 g/mol. The van der Waals surface area contributed by atoms with Gasteiger partial charge in [0.25, 0.3) is 5.95 Å². The lowest BCUT2D eigenvalue weighted by Crippen LogP contribution is -2.13. The van der Waals surface area contributed by atoms with E-state index in [0.29, 0.717) is 11.6 Å². The van der Waals surface area contributed by atoms with Gasteiger partial charge in [-0.3, -0.25) is 4.68 Å². The molecule has 0 radical (unpaired) electrons. The largest absolute Gasteiger partial charge is 0.479 e. The molecule has 4 aromatic rings. The van der Waals surface area contributed by atoms with Crippen LogP contribution in [0.15, 0.2) is 36.8 Å². The molecule has 0 N–H and O–H groups in total. The van der Waals surface area contributed by atoms with Crippen molar-refractivity contribution in [3.63, 3.8) is 0 Å². The Morgan fingerprint density at radius 1 is 1.15 bits per heavy atom. The van der Waals surface area contributed by atoms with Crippen molar-refractivity contribution in [3.8, 4) is 11.8 Å². The Hall–Kier alpha value is -4.03. The van der Waals surface area contributed by atoms with Gasteiger partial charge < -0.3 is 9.47 Å². The van der Waals surface area contributed by atoms with Gasteiger partial charge in [-0.15, -0.1) is 0 Å². The molecular formula is C21H18F4N6O3. The van der Waals surface area contributed by atoms with Gasteiger partial charge in [-0.05, 0) is 37.6 Å². The van der Waals surface area contributed by atoms with Gasteiger partial charge in [0, 0.05) is 6.20 Å². The van der Waals surface area contributed by atoms with Crippen LogP contribution in [0.3, 0.4) is 0 Å². The van der Waals surface area contributed by atoms with Crippen molar-refractivity contribution >= 4 is 17.0 Å². The summed E-state index contributed by atoms with van der Waals surface area (Å²) >= 11 is 0. The molecule has 1 atom stereocenters. The number of aromatic nitrogens is 6. The molecule has 0 aliphatic heterocycles. The third-order valence-corrected chi connectivity index (χ3v) is 4.99. The number of benzene rings is 1. The summed E-state index contributed by atoms with van der Waals surface area (Å²) in [4.78, 5) is 20.6. The van der Waals surface area contributed by atoms with Gasteiger partial charge in [-0.2, -0.15) is 28.4 Å². The zero-order valence-corrected chi connectivity index (χ0v) is 18.2. The summed E-state index contributed by atoms with van der Waals surface area (Å²) in [7, 11) is 1.35. The first kappa shape index (κ1) is 23.1. The Kier molecular flexibility index (Phi) is 5.94. The van der Waals surface area contributed by atoms with E-state index < -0.39 is 29.6 Å². The van der Waals surface area contributed by atoms with Crippen molar-refractivity contribution in [1.29, 1.82) is 0 Å². The minimum atomic E-state index is -4.70. The van der Waals surface area contributed by atoms with Crippen LogP contribution in [0.2, 0.25) is 0 Å². The number of ether oxygens (including phenoxy) is 2. The lowest BCUT2D eigenvalue weighted by Gasteiger charge is -2.17. The second-order valence-corrected chi connectivity index (χ2v) is 7.20. The number of alkyl halides is 3. The Morgan fingerprint density at radius 3 is 2.59 bits per heavy atom. The van der Waals surface area contributed by atoms with Gasteiger partial charge in [0.05, 0.1) is 43.3 Å². The summed E-state index contributed by atoms with van der Waals surface area (Å²) in [6, 6.07) is 1.50. The topological polar surface area (TPSA) is 97.0 Å². The summed E-state index contributed by atoms with van der Waals surface area (Å²) in [5.41, 5.74) is -0.272. The van der Waals surface area contributed by atoms with Crippen LogP contribution < -0.4 is 4.74 Å². The van der Waals surface area contributed by atoms with Crippen molar-refractivity contribution in [2.45, 2.75) is 26.1 Å². The first-order valence-electron chi connectivity index (χ1n) is 10.0. The third-order valence-electron chi connectivity index (χ3n) is 4.99. The fraction of sp³-hybridized carbons (Fsp3) is 0.286. The Morgan fingerprint density at radius 2 is 1.91 bits per heavy atom. The number of fused-ring (bicyclic) bond motifs is 1. The molecule has 0 unspecified atom stereocenters. The molecule has 178 valence electrons. The average Bonchev–Trinajstić information content (AvgIpc) is 3.45. The molecule has 3 heterocycles. The van der Waals surface area contributed by atoms with E-state index in [1.807, 2.05) is 0 Å². The van der Waals surface area contributed by atoms with Crippen LogP contribution in [0, 0.1) is 5.82 Å². The van der Waals surface area contributed by atoms with Crippen molar-refractivity contribution in [2.24, 2.45) is 0 Å². The summed E-state index contributed by atoms with van der Waals surface area (Å²) in [5, 5.41) is 8.28. The van der Waals surface area contributed by atoms with E-state index in [4.69, 9.17) is 9.47 Å². The molecule has 0 bridgehead atoms. The number of nitrogens with zero attached hydrogens (tertiary/aromatic N) is 6. The highest BCUT2D eigenvalue weighted by atomic mass is 19.4. The minimum absolute atomic E-state index is 0.0506. The molecule has 0 amide bonds. The average molecular weight is 478 g/mol. The lowest BCUT2D eigenvalue weighted by molar-refractivity contribution is -0.137. The summed E-state index contributed by atoms with van der Waals surface area (Å²) in [6.45, 7) is 3.44. The number of hydrogen-bond acceptors (Lipinski definition) is 7. The second kappa shape index (κ2) is 8.72. The first-order chi connectivity index (χ1) is 16.1. The third kappa shape index (κ3) is 4.28. The predicted molar refractivity (Wildman–Crippen MR) is 110 cm³/mol. The summed E-state index contributed by atoms with van der Waals surface area (Å²) < 4.78 is 66.3. The van der Waals surface area contributed by atoms with Crippen molar-refractivity contribution in [2.75, 3.05) is 13.7 Å². The standard InChI is InChI=1S/C21H18F4N6O3/c1-4-34-19(32)13-8-26-30(10-13)20-28-16-9-27-31(17(16)18(29-20)33-3)11(2)12-5-14(21(23,24)25)7-15(22)6-12/h5-11H,4H2,1-3H3/t11-/m1/s1. The SMILES string of the molecule is CCOC(=O)c1cnn(-c2nc(OC)c3c(cnn3[C@H](C)c3cc(F)cc(C(F)(F)F)c3)n2)c1. The van der Waals surface area contributed by atoms with Gasteiger partial charge >= 0.3 is 12.1 Å². The zero-order valence-electron chi connectivity index (χ0n) is 18.2. The van der Waals surface area contributed by atoms with Crippen molar-refractivity contribution in [3.05, 3.63) is 59.3 Å². The van der Waals surface area contributed by atoms with E-state index in [1.54, 1.807) is 13.8 Å². The predicted octanol–water partition coefficient (Wildman–Crippen LogP) is 3.96. The van der Waals surface area contributed by atoms with E-state index in [9.17, 15) is 22.4 Å². The maximum Gasteiger partial charge on any atom is 0.416 e. The summed E-state index contributed by atoms with van der Waals surface area (Å²) in [6.07, 6.45) is -0.646. The van der Waals surface area contributed by atoms with E-state index in [0.717, 1.165) is 12.1 Å². The van der Waals surface area contributed by atoms with Crippen LogP contribution >= 0.6 is 0 Å². The molecule has 0 saturated carbocycles. The fourth-order valence-electron chi connectivity index (χ4n) is 3.37. The van der Waals surface area contributed by atoms with Crippen LogP contribution in [0.5, 0.6) is 5.88 Å². The van der Waals surface area contributed by atoms with Crippen LogP contribution in [-0.2, 0) is 10.9 Å². The molecule has 13 heteroatoms. The highest BCUT2D eigenvalue weighted by Gasteiger charge is 2.32. The van der Waals surface area contributed by atoms with Gasteiger partial charge in [0.1, 0.15) is 16.9 Å². The highest BCUT2D eigenvalue weighted by molar-refractivity contribution is 5.88. The molecule has 0 saturated heterocycles. The van der Waals surface area contributed by atoms with Crippen molar-refractivity contribution < 1.29 is 31.8 Å². The maximum atomic E-state index is 13.9. The molecule has 0 aliphatic carbocycles. The van der Waals surface area contributed by atoms with Crippen LogP contribution in [0.25, 0.3) is 17.0 Å². The lowest BCUT2D eigenvalue weighted by atomic mass is 10.0. The molecule has 34 heavy (non-hydrogen) atoms. The van der Waals surface area contributed by atoms with Crippen LogP contribution in [-0.4, -0.2) is 49.2 Å². The normalized spacial score (nSPS) is 12.7. The molecule has 9 nitrogen and oxygen atoms in total.